The Labute approximate surface area is 157 Å². The summed E-state index contributed by atoms with van der Waals surface area (Å²) in [7, 11) is 4.36. The zero-order valence-electron chi connectivity index (χ0n) is 16.4. The minimum Gasteiger partial charge on any atom is -0.488 e. The van der Waals surface area contributed by atoms with Crippen LogP contribution in [0.4, 0.5) is 0 Å². The van der Waals surface area contributed by atoms with Crippen molar-refractivity contribution in [2.24, 2.45) is 0 Å². The number of carbonyl (C=O) groups excluding carboxylic acids is 1. The third kappa shape index (κ3) is 6.19. The fourth-order valence-electron chi connectivity index (χ4n) is 2.79. The molecule has 0 spiro atoms. The van der Waals surface area contributed by atoms with E-state index in [0.29, 0.717) is 13.2 Å². The van der Waals surface area contributed by atoms with Crippen molar-refractivity contribution in [3.8, 4) is 5.75 Å². The van der Waals surface area contributed by atoms with Crippen LogP contribution in [0.25, 0.3) is 0 Å². The van der Waals surface area contributed by atoms with E-state index in [0.717, 1.165) is 35.4 Å². The highest BCUT2D eigenvalue weighted by Crippen LogP contribution is 2.13. The molecule has 1 amide bonds. The van der Waals surface area contributed by atoms with Gasteiger partial charge in [0.15, 0.2) is 0 Å². The van der Waals surface area contributed by atoms with Gasteiger partial charge in [-0.05, 0) is 43.7 Å². The van der Waals surface area contributed by atoms with E-state index in [1.807, 2.05) is 54.3 Å². The summed E-state index contributed by atoms with van der Waals surface area (Å²) in [5.74, 6) is 1.02. The summed E-state index contributed by atoms with van der Waals surface area (Å²) in [4.78, 5) is 14.5. The molecule has 2 aromatic carbocycles. The molecule has 140 valence electrons. The number of quaternary nitrogens is 1. The number of amides is 1. The molecule has 0 aliphatic carbocycles. The van der Waals surface area contributed by atoms with Gasteiger partial charge in [-0.25, -0.2) is 0 Å². The molecule has 0 radical (unpaired) electrons. The van der Waals surface area contributed by atoms with Crippen molar-refractivity contribution < 1.29 is 14.0 Å². The van der Waals surface area contributed by atoms with Crippen LogP contribution < -0.4 is 4.74 Å². The van der Waals surface area contributed by atoms with E-state index in [4.69, 9.17) is 4.74 Å². The minimum absolute atomic E-state index is 0.101. The van der Waals surface area contributed by atoms with E-state index < -0.39 is 0 Å². The molecule has 4 nitrogen and oxygen atoms in total. The van der Waals surface area contributed by atoms with Crippen LogP contribution in [0.15, 0.2) is 54.6 Å². The van der Waals surface area contributed by atoms with Crippen LogP contribution in [0.5, 0.6) is 5.75 Å². The molecule has 0 bridgehead atoms. The van der Waals surface area contributed by atoms with Gasteiger partial charge in [-0.1, -0.05) is 30.3 Å². The van der Waals surface area contributed by atoms with Gasteiger partial charge in [-0.2, -0.15) is 0 Å². The molecule has 2 rings (SSSR count). The summed E-state index contributed by atoms with van der Waals surface area (Å²) >= 11 is 0. The Bertz CT molecular complexity index is 698. The molecule has 0 atom stereocenters. The first-order valence-corrected chi connectivity index (χ1v) is 9.27. The molecule has 0 saturated carbocycles. The Balaban J connectivity index is 1.82. The fraction of sp³-hybridized carbons (Fsp3) is 0.409. The van der Waals surface area contributed by atoms with Crippen molar-refractivity contribution >= 4 is 5.91 Å². The highest BCUT2D eigenvalue weighted by molar-refractivity contribution is 5.94. The Hall–Kier alpha value is -2.33. The first kappa shape index (κ1) is 20.0. The number of aryl methyl sites for hydroxylation is 1. The molecule has 0 aliphatic rings. The summed E-state index contributed by atoms with van der Waals surface area (Å²) < 4.78 is 6.69. The number of rotatable bonds is 9. The van der Waals surface area contributed by atoms with Gasteiger partial charge in [0, 0.05) is 12.1 Å². The molecule has 0 heterocycles. The summed E-state index contributed by atoms with van der Waals surface area (Å²) in [5, 5.41) is 0. The standard InChI is InChI=1S/C22H31N2O2/c1-5-23(22(25)20-11-7-6-8-12-20)14-15-24(3,4)16-17-26-21-13-9-10-19(2)18-21/h6-13,18H,5,14-17H2,1-4H3/q+1. The molecule has 0 aliphatic heterocycles. The maximum atomic E-state index is 12.6. The van der Waals surface area contributed by atoms with Crippen molar-refractivity contribution in [2.75, 3.05) is 46.9 Å². The van der Waals surface area contributed by atoms with Gasteiger partial charge in [0.1, 0.15) is 18.9 Å². The number of likely N-dealkylation sites (N-methyl/N-ethyl adjacent to an activating group) is 2. The highest BCUT2D eigenvalue weighted by Gasteiger charge is 2.20. The van der Waals surface area contributed by atoms with Crippen LogP contribution in [0.2, 0.25) is 0 Å². The van der Waals surface area contributed by atoms with Gasteiger partial charge in [0.05, 0.1) is 27.2 Å². The van der Waals surface area contributed by atoms with Gasteiger partial charge in [-0.3, -0.25) is 4.79 Å². The highest BCUT2D eigenvalue weighted by atomic mass is 16.5. The van der Waals surface area contributed by atoms with Crippen molar-refractivity contribution in [1.82, 2.24) is 4.90 Å². The maximum Gasteiger partial charge on any atom is 0.254 e. The lowest BCUT2D eigenvalue weighted by atomic mass is 10.2. The molecule has 0 aromatic heterocycles. The van der Waals surface area contributed by atoms with Crippen molar-refractivity contribution in [1.29, 1.82) is 0 Å². The smallest absolute Gasteiger partial charge is 0.254 e. The second-order valence-electron chi connectivity index (χ2n) is 7.30. The lowest BCUT2D eigenvalue weighted by molar-refractivity contribution is -0.889. The third-order valence-electron chi connectivity index (χ3n) is 4.62. The summed E-state index contributed by atoms with van der Waals surface area (Å²) in [6.45, 7) is 8.00. The number of benzene rings is 2. The Kier molecular flexibility index (Phi) is 7.22. The third-order valence-corrected chi connectivity index (χ3v) is 4.62. The van der Waals surface area contributed by atoms with Crippen LogP contribution >= 0.6 is 0 Å². The SMILES string of the molecule is CCN(CC[N+](C)(C)CCOc1cccc(C)c1)C(=O)c1ccccc1. The van der Waals surface area contributed by atoms with Crippen molar-refractivity contribution in [2.45, 2.75) is 13.8 Å². The molecular weight excluding hydrogens is 324 g/mol. The first-order valence-electron chi connectivity index (χ1n) is 9.27. The molecule has 2 aromatic rings. The van der Waals surface area contributed by atoms with E-state index >= 15 is 0 Å². The van der Waals surface area contributed by atoms with E-state index in [-0.39, 0.29) is 5.91 Å². The van der Waals surface area contributed by atoms with E-state index in [1.165, 1.54) is 5.56 Å². The minimum atomic E-state index is 0.101. The Morgan fingerprint density at radius 3 is 2.42 bits per heavy atom. The molecule has 0 fully saturated rings. The van der Waals surface area contributed by atoms with E-state index in [1.54, 1.807) is 0 Å². The lowest BCUT2D eigenvalue weighted by Crippen LogP contribution is -2.48. The van der Waals surface area contributed by atoms with Gasteiger partial charge in [-0.15, -0.1) is 0 Å². The average molecular weight is 356 g/mol. The zero-order valence-corrected chi connectivity index (χ0v) is 16.4. The monoisotopic (exact) mass is 355 g/mol. The van der Waals surface area contributed by atoms with Crippen LogP contribution in [0.1, 0.15) is 22.8 Å². The van der Waals surface area contributed by atoms with Crippen LogP contribution in [0, 0.1) is 6.92 Å². The van der Waals surface area contributed by atoms with Crippen molar-refractivity contribution in [3.05, 3.63) is 65.7 Å². The zero-order chi connectivity index (χ0) is 19.0. The van der Waals surface area contributed by atoms with E-state index in [2.05, 4.69) is 33.2 Å². The molecule has 0 unspecified atom stereocenters. The summed E-state index contributed by atoms with van der Waals surface area (Å²) in [6, 6.07) is 17.6. The predicted octanol–water partition coefficient (Wildman–Crippen LogP) is 3.61. The number of hydrogen-bond acceptors (Lipinski definition) is 2. The van der Waals surface area contributed by atoms with Crippen LogP contribution in [-0.4, -0.2) is 62.2 Å². The number of hydrogen-bond donors (Lipinski definition) is 0. The molecule has 26 heavy (non-hydrogen) atoms. The lowest BCUT2D eigenvalue weighted by Gasteiger charge is -2.32. The normalized spacial score (nSPS) is 11.2. The quantitative estimate of drug-likeness (QED) is 0.643. The number of ether oxygens (including phenoxy) is 1. The summed E-state index contributed by atoms with van der Waals surface area (Å²) in [5.41, 5.74) is 1.96. The van der Waals surface area contributed by atoms with Gasteiger partial charge >= 0.3 is 0 Å². The average Bonchev–Trinajstić information content (AvgIpc) is 2.62. The fourth-order valence-corrected chi connectivity index (χ4v) is 2.79. The van der Waals surface area contributed by atoms with Gasteiger partial charge < -0.3 is 14.1 Å². The number of carbonyl (C=O) groups is 1. The number of nitrogens with zero attached hydrogens (tertiary/aromatic N) is 2. The van der Waals surface area contributed by atoms with Crippen LogP contribution in [0.3, 0.4) is 0 Å². The van der Waals surface area contributed by atoms with Gasteiger partial charge in [0.2, 0.25) is 0 Å². The maximum absolute atomic E-state index is 12.6. The Morgan fingerprint density at radius 1 is 1.04 bits per heavy atom. The Morgan fingerprint density at radius 2 is 1.77 bits per heavy atom. The molecule has 0 saturated heterocycles. The second-order valence-corrected chi connectivity index (χ2v) is 7.30. The largest absolute Gasteiger partial charge is 0.488 e. The molecule has 4 heteroatoms. The first-order chi connectivity index (χ1) is 12.4. The van der Waals surface area contributed by atoms with E-state index in [9.17, 15) is 4.79 Å². The topological polar surface area (TPSA) is 29.5 Å². The molecular formula is C22H31N2O2+. The second kappa shape index (κ2) is 9.39. The molecule has 0 N–H and O–H groups in total. The van der Waals surface area contributed by atoms with Crippen LogP contribution in [-0.2, 0) is 0 Å². The van der Waals surface area contributed by atoms with Crippen molar-refractivity contribution in [3.63, 3.8) is 0 Å². The summed E-state index contributed by atoms with van der Waals surface area (Å²) in [6.07, 6.45) is 0. The van der Waals surface area contributed by atoms with Gasteiger partial charge in [0.25, 0.3) is 5.91 Å². The predicted molar refractivity (Wildman–Crippen MR) is 107 cm³/mol.